The van der Waals surface area contributed by atoms with E-state index < -0.39 is 0 Å². The van der Waals surface area contributed by atoms with Crippen LogP contribution in [0.4, 0.5) is 4.39 Å². The number of halogens is 1. The maximum absolute atomic E-state index is 13.3. The van der Waals surface area contributed by atoms with Crippen LogP contribution >= 0.6 is 0 Å². The van der Waals surface area contributed by atoms with E-state index in [4.69, 9.17) is 0 Å². The molecule has 0 aliphatic heterocycles. The fourth-order valence-electron chi connectivity index (χ4n) is 2.88. The largest absolute Gasteiger partial charge is 0.314 e. The lowest BCUT2D eigenvalue weighted by molar-refractivity contribution is 0.353. The molecule has 0 fully saturated rings. The van der Waals surface area contributed by atoms with Crippen LogP contribution in [0.3, 0.4) is 0 Å². The molecule has 0 rings (SSSR count). The number of hydrogen-bond acceptors (Lipinski definition) is 1. The Morgan fingerprint density at radius 2 is 1.74 bits per heavy atom. The topological polar surface area (TPSA) is 12.0 Å². The predicted octanol–water partition coefficient (Wildman–Crippen LogP) is 6.58. The Kier molecular flexibility index (Phi) is 14.1. The molecule has 0 aromatic heterocycles. The Labute approximate surface area is 144 Å². The summed E-state index contributed by atoms with van der Waals surface area (Å²) in [6.07, 6.45) is 17.2. The molecule has 0 bridgehead atoms. The summed E-state index contributed by atoms with van der Waals surface area (Å²) in [6.45, 7) is 11.2. The maximum atomic E-state index is 13.3. The van der Waals surface area contributed by atoms with E-state index in [1.165, 1.54) is 0 Å². The molecule has 0 amide bonds. The second kappa shape index (κ2) is 14.7. The first-order valence-corrected chi connectivity index (χ1v) is 9.30. The first kappa shape index (κ1) is 22.1. The molecule has 0 aromatic carbocycles. The smallest absolute Gasteiger partial charge is 0.0931 e. The highest BCUT2D eigenvalue weighted by atomic mass is 19.1. The second-order valence-corrected chi connectivity index (χ2v) is 6.70. The molecule has 1 nitrogen and oxygen atoms in total. The molecule has 0 aromatic rings. The van der Waals surface area contributed by atoms with Gasteiger partial charge >= 0.3 is 0 Å². The Hall–Kier alpha value is -0.890. The molecule has 2 heteroatoms. The van der Waals surface area contributed by atoms with Gasteiger partial charge in [0, 0.05) is 6.04 Å². The van der Waals surface area contributed by atoms with Crippen molar-refractivity contribution in [1.29, 1.82) is 0 Å². The molecule has 23 heavy (non-hydrogen) atoms. The van der Waals surface area contributed by atoms with E-state index in [0.29, 0.717) is 17.9 Å². The number of rotatable bonds is 13. The molecule has 0 aliphatic carbocycles. The molecule has 0 saturated carbocycles. The van der Waals surface area contributed by atoms with Crippen LogP contribution in [0, 0.1) is 11.8 Å². The fourth-order valence-corrected chi connectivity index (χ4v) is 2.88. The van der Waals surface area contributed by atoms with Crippen LogP contribution in [0.15, 0.2) is 36.2 Å². The van der Waals surface area contributed by atoms with Crippen molar-refractivity contribution >= 4 is 0 Å². The summed E-state index contributed by atoms with van der Waals surface area (Å²) >= 11 is 0. The molecule has 0 heterocycles. The summed E-state index contributed by atoms with van der Waals surface area (Å²) in [5, 5.41) is 3.56. The molecule has 0 saturated heterocycles. The summed E-state index contributed by atoms with van der Waals surface area (Å²) in [5.41, 5.74) is 0. The van der Waals surface area contributed by atoms with E-state index in [2.05, 4.69) is 57.3 Å². The quantitative estimate of drug-likeness (QED) is 0.298. The van der Waals surface area contributed by atoms with Crippen molar-refractivity contribution in [3.8, 4) is 0 Å². The van der Waals surface area contributed by atoms with Gasteiger partial charge in [-0.1, -0.05) is 31.2 Å². The average molecular weight is 324 g/mol. The first-order chi connectivity index (χ1) is 11.0. The SMILES string of the molecule is C/C=C\CC(C)NCCCC(C)C(/C=C(\C)F)CCC/C=C/C. The number of hydrogen-bond donors (Lipinski definition) is 1. The van der Waals surface area contributed by atoms with Crippen LogP contribution in [0.1, 0.15) is 73.1 Å². The summed E-state index contributed by atoms with van der Waals surface area (Å²) in [6, 6.07) is 0.533. The lowest BCUT2D eigenvalue weighted by Gasteiger charge is -2.21. The third kappa shape index (κ3) is 13.3. The van der Waals surface area contributed by atoms with Crippen LogP contribution < -0.4 is 5.32 Å². The second-order valence-electron chi connectivity index (χ2n) is 6.70. The van der Waals surface area contributed by atoms with Crippen LogP contribution in [-0.2, 0) is 0 Å². The highest BCUT2D eigenvalue weighted by molar-refractivity contribution is 4.94. The Morgan fingerprint density at radius 1 is 1.04 bits per heavy atom. The average Bonchev–Trinajstić information content (AvgIpc) is 2.51. The van der Waals surface area contributed by atoms with Gasteiger partial charge in [-0.25, -0.2) is 4.39 Å². The van der Waals surface area contributed by atoms with Gasteiger partial charge in [0.1, 0.15) is 0 Å². The zero-order valence-electron chi connectivity index (χ0n) is 15.9. The van der Waals surface area contributed by atoms with Crippen LogP contribution in [0.25, 0.3) is 0 Å². The van der Waals surface area contributed by atoms with Crippen molar-refractivity contribution in [3.63, 3.8) is 0 Å². The van der Waals surface area contributed by atoms with E-state index in [-0.39, 0.29) is 5.83 Å². The van der Waals surface area contributed by atoms with Gasteiger partial charge in [-0.2, -0.15) is 0 Å². The van der Waals surface area contributed by atoms with Crippen molar-refractivity contribution in [3.05, 3.63) is 36.2 Å². The van der Waals surface area contributed by atoms with Crippen molar-refractivity contribution in [2.45, 2.75) is 79.2 Å². The van der Waals surface area contributed by atoms with Gasteiger partial charge in [-0.15, -0.1) is 0 Å². The molecule has 3 unspecified atom stereocenters. The third-order valence-electron chi connectivity index (χ3n) is 4.37. The van der Waals surface area contributed by atoms with E-state index >= 15 is 0 Å². The van der Waals surface area contributed by atoms with Gasteiger partial charge in [-0.05, 0) is 90.7 Å². The highest BCUT2D eigenvalue weighted by Gasteiger charge is 2.15. The van der Waals surface area contributed by atoms with Crippen LogP contribution in [0.2, 0.25) is 0 Å². The molecule has 0 spiro atoms. The molecule has 3 atom stereocenters. The van der Waals surface area contributed by atoms with Crippen LogP contribution in [-0.4, -0.2) is 12.6 Å². The van der Waals surface area contributed by atoms with Crippen molar-refractivity contribution in [1.82, 2.24) is 5.32 Å². The molecular weight excluding hydrogens is 285 g/mol. The highest BCUT2D eigenvalue weighted by Crippen LogP contribution is 2.25. The predicted molar refractivity (Wildman–Crippen MR) is 102 cm³/mol. The van der Waals surface area contributed by atoms with Crippen molar-refractivity contribution in [2.24, 2.45) is 11.8 Å². The molecule has 0 radical (unpaired) electrons. The Bertz CT molecular complexity index is 353. The summed E-state index contributed by atoms with van der Waals surface area (Å²) in [4.78, 5) is 0. The molecule has 134 valence electrons. The summed E-state index contributed by atoms with van der Waals surface area (Å²) in [5.74, 6) is 0.871. The zero-order valence-corrected chi connectivity index (χ0v) is 15.9. The normalized spacial score (nSPS) is 17.0. The molecular formula is C21H38FN. The monoisotopic (exact) mass is 323 g/mol. The van der Waals surface area contributed by atoms with Gasteiger partial charge in [-0.3, -0.25) is 0 Å². The van der Waals surface area contributed by atoms with Gasteiger partial charge in [0.05, 0.1) is 5.83 Å². The lowest BCUT2D eigenvalue weighted by atomic mass is 9.85. The Morgan fingerprint density at radius 3 is 2.35 bits per heavy atom. The summed E-state index contributed by atoms with van der Waals surface area (Å²) < 4.78 is 13.3. The lowest BCUT2D eigenvalue weighted by Crippen LogP contribution is -2.27. The van der Waals surface area contributed by atoms with Gasteiger partial charge < -0.3 is 5.32 Å². The number of allylic oxidation sites excluding steroid dienone is 5. The van der Waals surface area contributed by atoms with Gasteiger partial charge in [0.25, 0.3) is 0 Å². The molecule has 0 aliphatic rings. The van der Waals surface area contributed by atoms with Crippen molar-refractivity contribution in [2.75, 3.05) is 6.54 Å². The minimum atomic E-state index is -0.0361. The zero-order chi connectivity index (χ0) is 17.5. The van der Waals surface area contributed by atoms with Crippen molar-refractivity contribution < 1.29 is 4.39 Å². The van der Waals surface area contributed by atoms with Gasteiger partial charge in [0.15, 0.2) is 0 Å². The molecule has 1 N–H and O–H groups in total. The summed E-state index contributed by atoms with van der Waals surface area (Å²) in [7, 11) is 0. The third-order valence-corrected chi connectivity index (χ3v) is 4.37. The van der Waals surface area contributed by atoms with E-state index in [9.17, 15) is 4.39 Å². The van der Waals surface area contributed by atoms with E-state index in [0.717, 1.165) is 45.1 Å². The van der Waals surface area contributed by atoms with E-state index in [1.54, 1.807) is 6.92 Å². The van der Waals surface area contributed by atoms with Crippen LogP contribution in [0.5, 0.6) is 0 Å². The number of unbranched alkanes of at least 4 members (excludes halogenated alkanes) is 1. The van der Waals surface area contributed by atoms with Gasteiger partial charge in [0.2, 0.25) is 0 Å². The standard InChI is InChI=1S/C21H38FN/c1-6-8-10-11-15-21(17-19(4)22)18(3)13-12-16-23-20(5)14-9-7-2/h6-9,17-18,20-21,23H,10-16H2,1-5H3/b8-6+,9-7-,19-17+. The first-order valence-electron chi connectivity index (χ1n) is 9.30. The van der Waals surface area contributed by atoms with E-state index in [1.807, 2.05) is 6.08 Å². The maximum Gasteiger partial charge on any atom is 0.0931 e. The fraction of sp³-hybridized carbons (Fsp3) is 0.714. The minimum absolute atomic E-state index is 0.0361. The minimum Gasteiger partial charge on any atom is -0.314 e. The number of nitrogens with one attached hydrogen (secondary N) is 1. The Balaban J connectivity index is 4.12.